The molecule has 1 aliphatic rings. The Morgan fingerprint density at radius 2 is 1.61 bits per heavy atom. The van der Waals surface area contributed by atoms with E-state index in [4.69, 9.17) is 0 Å². The molecule has 0 N–H and O–H groups in total. The van der Waals surface area contributed by atoms with Crippen molar-refractivity contribution in [2.45, 2.75) is 4.90 Å². The van der Waals surface area contributed by atoms with E-state index < -0.39 is 9.84 Å². The molecule has 0 spiro atoms. The Morgan fingerprint density at radius 1 is 1.06 bits per heavy atom. The minimum Gasteiger partial charge on any atom is -0.368 e. The summed E-state index contributed by atoms with van der Waals surface area (Å²) >= 11 is 0. The minimum absolute atomic E-state index is 0.331. The number of hydrogen-bond donors (Lipinski definition) is 0. The molecule has 1 amide bonds. The SMILES string of the molecule is CS(=O)(=O)c1ccc(N2CCN(C=O)CC2)cc1. The van der Waals surface area contributed by atoms with Crippen LogP contribution in [0.4, 0.5) is 5.69 Å². The van der Waals surface area contributed by atoms with Crippen molar-refractivity contribution < 1.29 is 13.2 Å². The number of rotatable bonds is 3. The van der Waals surface area contributed by atoms with Crippen LogP contribution in [0, 0.1) is 0 Å². The largest absolute Gasteiger partial charge is 0.368 e. The quantitative estimate of drug-likeness (QED) is 0.743. The maximum atomic E-state index is 11.3. The minimum atomic E-state index is -3.14. The van der Waals surface area contributed by atoms with E-state index in [1.54, 1.807) is 17.0 Å². The van der Waals surface area contributed by atoms with Crippen molar-refractivity contribution in [1.82, 2.24) is 4.90 Å². The summed E-state index contributed by atoms with van der Waals surface area (Å²) in [5, 5.41) is 0. The first-order valence-electron chi connectivity index (χ1n) is 5.75. The Bertz CT molecular complexity index is 517. The maximum Gasteiger partial charge on any atom is 0.209 e. The highest BCUT2D eigenvalue weighted by molar-refractivity contribution is 7.90. The summed E-state index contributed by atoms with van der Waals surface area (Å²) in [7, 11) is -3.14. The lowest BCUT2D eigenvalue weighted by molar-refractivity contribution is -0.118. The predicted octanol–water partition coefficient (Wildman–Crippen LogP) is 0.368. The first kappa shape index (κ1) is 12.9. The standard InChI is InChI=1S/C12H16N2O3S/c1-18(16,17)12-4-2-11(3-5-12)14-8-6-13(10-15)7-9-14/h2-5,10H,6-9H2,1H3. The summed E-state index contributed by atoms with van der Waals surface area (Å²) in [5.74, 6) is 0. The Hall–Kier alpha value is -1.56. The molecule has 0 aromatic heterocycles. The zero-order valence-corrected chi connectivity index (χ0v) is 11.1. The molecule has 1 heterocycles. The van der Waals surface area contributed by atoms with Gasteiger partial charge in [0.15, 0.2) is 9.84 Å². The first-order chi connectivity index (χ1) is 8.50. The third kappa shape index (κ3) is 2.81. The molecule has 1 fully saturated rings. The number of piperazine rings is 1. The molecule has 0 aliphatic carbocycles. The molecule has 98 valence electrons. The van der Waals surface area contributed by atoms with E-state index in [1.807, 2.05) is 12.1 Å². The van der Waals surface area contributed by atoms with Crippen LogP contribution in [0.25, 0.3) is 0 Å². The zero-order valence-electron chi connectivity index (χ0n) is 10.2. The maximum absolute atomic E-state index is 11.3. The van der Waals surface area contributed by atoms with E-state index in [0.717, 1.165) is 25.2 Å². The summed E-state index contributed by atoms with van der Waals surface area (Å²) in [4.78, 5) is 14.8. The van der Waals surface area contributed by atoms with Crippen molar-refractivity contribution >= 4 is 21.9 Å². The summed E-state index contributed by atoms with van der Waals surface area (Å²) < 4.78 is 22.7. The van der Waals surface area contributed by atoms with Crippen LogP contribution >= 0.6 is 0 Å². The number of carbonyl (C=O) groups excluding carboxylic acids is 1. The fourth-order valence-electron chi connectivity index (χ4n) is 1.99. The number of benzene rings is 1. The molecule has 2 rings (SSSR count). The number of sulfone groups is 1. The van der Waals surface area contributed by atoms with Gasteiger partial charge in [-0.05, 0) is 24.3 Å². The lowest BCUT2D eigenvalue weighted by atomic mass is 10.2. The van der Waals surface area contributed by atoms with Crippen LogP contribution in [0.3, 0.4) is 0 Å². The highest BCUT2D eigenvalue weighted by Crippen LogP contribution is 2.19. The molecule has 1 aromatic rings. The van der Waals surface area contributed by atoms with Gasteiger partial charge >= 0.3 is 0 Å². The predicted molar refractivity (Wildman–Crippen MR) is 69.4 cm³/mol. The van der Waals surface area contributed by atoms with Gasteiger partial charge in [-0.25, -0.2) is 8.42 Å². The monoisotopic (exact) mass is 268 g/mol. The summed E-state index contributed by atoms with van der Waals surface area (Å²) in [5.41, 5.74) is 0.993. The molecule has 0 bridgehead atoms. The first-order valence-corrected chi connectivity index (χ1v) is 7.64. The molecular weight excluding hydrogens is 252 g/mol. The van der Waals surface area contributed by atoms with E-state index >= 15 is 0 Å². The fourth-order valence-corrected chi connectivity index (χ4v) is 2.62. The topological polar surface area (TPSA) is 57.7 Å². The number of amides is 1. The van der Waals surface area contributed by atoms with Crippen molar-refractivity contribution in [3.63, 3.8) is 0 Å². The van der Waals surface area contributed by atoms with Gasteiger partial charge in [-0.3, -0.25) is 4.79 Å². The third-order valence-electron chi connectivity index (χ3n) is 3.09. The Morgan fingerprint density at radius 3 is 2.06 bits per heavy atom. The van der Waals surface area contributed by atoms with E-state index in [2.05, 4.69) is 4.90 Å². The molecule has 0 radical (unpaired) electrons. The van der Waals surface area contributed by atoms with Crippen molar-refractivity contribution in [2.24, 2.45) is 0 Å². The lowest BCUT2D eigenvalue weighted by Gasteiger charge is -2.34. The fraction of sp³-hybridized carbons (Fsp3) is 0.417. The number of carbonyl (C=O) groups is 1. The van der Waals surface area contributed by atoms with Crippen LogP contribution in [0.1, 0.15) is 0 Å². The van der Waals surface area contributed by atoms with E-state index in [1.165, 1.54) is 6.26 Å². The molecule has 1 saturated heterocycles. The van der Waals surface area contributed by atoms with Crippen molar-refractivity contribution in [3.8, 4) is 0 Å². The van der Waals surface area contributed by atoms with Crippen LogP contribution in [0.15, 0.2) is 29.2 Å². The van der Waals surface area contributed by atoms with Gasteiger partial charge in [-0.2, -0.15) is 0 Å². The van der Waals surface area contributed by atoms with Crippen molar-refractivity contribution in [2.75, 3.05) is 37.3 Å². The van der Waals surface area contributed by atoms with Crippen LogP contribution in [0.5, 0.6) is 0 Å². The lowest BCUT2D eigenvalue weighted by Crippen LogP contribution is -2.45. The van der Waals surface area contributed by atoms with E-state index in [0.29, 0.717) is 18.0 Å². The molecule has 0 atom stereocenters. The second-order valence-corrected chi connectivity index (χ2v) is 6.41. The zero-order chi connectivity index (χ0) is 13.2. The smallest absolute Gasteiger partial charge is 0.209 e. The van der Waals surface area contributed by atoms with Gasteiger partial charge in [0.05, 0.1) is 4.90 Å². The molecule has 5 nitrogen and oxygen atoms in total. The summed E-state index contributed by atoms with van der Waals surface area (Å²) in [6.45, 7) is 2.96. The van der Waals surface area contributed by atoms with Gasteiger partial charge in [0.1, 0.15) is 0 Å². The van der Waals surface area contributed by atoms with Gasteiger partial charge in [0, 0.05) is 38.1 Å². The van der Waals surface area contributed by atoms with Crippen molar-refractivity contribution in [1.29, 1.82) is 0 Å². The Kier molecular flexibility index (Phi) is 3.56. The highest BCUT2D eigenvalue weighted by Gasteiger charge is 2.16. The van der Waals surface area contributed by atoms with Gasteiger partial charge in [-0.1, -0.05) is 0 Å². The average molecular weight is 268 g/mol. The molecule has 0 unspecified atom stereocenters. The second kappa shape index (κ2) is 4.97. The van der Waals surface area contributed by atoms with Crippen LogP contribution < -0.4 is 4.90 Å². The molecule has 0 saturated carbocycles. The number of hydrogen-bond acceptors (Lipinski definition) is 4. The molecular formula is C12H16N2O3S. The third-order valence-corrected chi connectivity index (χ3v) is 4.22. The Labute approximate surface area is 107 Å². The number of nitrogens with zero attached hydrogens (tertiary/aromatic N) is 2. The van der Waals surface area contributed by atoms with Gasteiger partial charge < -0.3 is 9.80 Å². The number of anilines is 1. The summed E-state index contributed by atoms with van der Waals surface area (Å²) in [6, 6.07) is 6.87. The average Bonchev–Trinajstić information content (AvgIpc) is 2.38. The normalized spacial score (nSPS) is 16.7. The molecule has 1 aromatic carbocycles. The molecule has 1 aliphatic heterocycles. The van der Waals surface area contributed by atoms with E-state index in [9.17, 15) is 13.2 Å². The Balaban J connectivity index is 2.09. The molecule has 18 heavy (non-hydrogen) atoms. The van der Waals surface area contributed by atoms with Gasteiger partial charge in [-0.15, -0.1) is 0 Å². The highest BCUT2D eigenvalue weighted by atomic mass is 32.2. The van der Waals surface area contributed by atoms with Gasteiger partial charge in [0.25, 0.3) is 0 Å². The second-order valence-electron chi connectivity index (χ2n) is 4.39. The van der Waals surface area contributed by atoms with Crippen molar-refractivity contribution in [3.05, 3.63) is 24.3 Å². The van der Waals surface area contributed by atoms with Crippen LogP contribution in [-0.2, 0) is 14.6 Å². The van der Waals surface area contributed by atoms with Crippen LogP contribution in [0.2, 0.25) is 0 Å². The van der Waals surface area contributed by atoms with Gasteiger partial charge in [0.2, 0.25) is 6.41 Å². The van der Waals surface area contributed by atoms with Crippen LogP contribution in [-0.4, -0.2) is 52.2 Å². The molecule has 6 heteroatoms. The summed E-state index contributed by atoms with van der Waals surface area (Å²) in [6.07, 6.45) is 2.06. The van der Waals surface area contributed by atoms with E-state index in [-0.39, 0.29) is 0 Å².